The molecule has 0 radical (unpaired) electrons. The zero-order valence-corrected chi connectivity index (χ0v) is 11.3. The fourth-order valence-electron chi connectivity index (χ4n) is 1.39. The third-order valence-electron chi connectivity index (χ3n) is 2.07. The molecule has 0 fully saturated rings. The van der Waals surface area contributed by atoms with Gasteiger partial charge < -0.3 is 0 Å². The Labute approximate surface area is 112 Å². The molecule has 0 spiro atoms. The van der Waals surface area contributed by atoms with Gasteiger partial charge in [-0.3, -0.25) is 0 Å². The van der Waals surface area contributed by atoms with Gasteiger partial charge in [-0.2, -0.15) is 18.3 Å². The molecule has 0 aliphatic carbocycles. The minimum Gasteiger partial charge on any atom is -0.226 e. The van der Waals surface area contributed by atoms with Crippen molar-refractivity contribution in [3.05, 3.63) is 45.1 Å². The maximum atomic E-state index is 12.9. The van der Waals surface area contributed by atoms with E-state index in [2.05, 4.69) is 37.0 Å². The monoisotopic (exact) mass is 368 g/mol. The summed E-state index contributed by atoms with van der Waals surface area (Å²) < 4.78 is 39.9. The Morgan fingerprint density at radius 2 is 1.71 bits per heavy atom. The lowest BCUT2D eigenvalue weighted by molar-refractivity contribution is -0.143. The van der Waals surface area contributed by atoms with Crippen molar-refractivity contribution in [1.29, 1.82) is 0 Å². The summed E-state index contributed by atoms with van der Waals surface area (Å²) in [6.45, 7) is 0. The molecule has 2 rings (SSSR count). The van der Waals surface area contributed by atoms with Gasteiger partial charge in [0.25, 0.3) is 0 Å². The van der Waals surface area contributed by atoms with E-state index < -0.39 is 11.9 Å². The summed E-state index contributed by atoms with van der Waals surface area (Å²) in [7, 11) is 0. The van der Waals surface area contributed by atoms with Gasteiger partial charge in [0.1, 0.15) is 0 Å². The first kappa shape index (κ1) is 12.6. The van der Waals surface area contributed by atoms with E-state index in [-0.39, 0.29) is 4.47 Å². The third-order valence-corrected chi connectivity index (χ3v) is 3.32. The molecule has 0 aliphatic heterocycles. The number of nitrogens with zero attached hydrogens (tertiary/aromatic N) is 2. The Kier molecular flexibility index (Phi) is 3.31. The summed E-state index contributed by atoms with van der Waals surface area (Å²) in [5.74, 6) is 0. The normalized spacial score (nSPS) is 11.8. The molecule has 1 aromatic heterocycles. The smallest absolute Gasteiger partial charge is 0.226 e. The summed E-state index contributed by atoms with van der Waals surface area (Å²) in [6, 6.07) is 6.58. The lowest BCUT2D eigenvalue weighted by atomic mass is 10.3. The standard InChI is InChI=1S/C10H5Br2F3N2/c11-6-3-1-2-4-8(6)17-9(10(13,14)15)7(12)5-16-17/h1-5H. The first-order valence-corrected chi connectivity index (χ1v) is 6.05. The van der Waals surface area contributed by atoms with Crippen LogP contribution in [-0.2, 0) is 6.18 Å². The minimum absolute atomic E-state index is 0.0826. The molecule has 0 amide bonds. The highest BCUT2D eigenvalue weighted by atomic mass is 79.9. The van der Waals surface area contributed by atoms with Crippen molar-refractivity contribution in [3.63, 3.8) is 0 Å². The van der Waals surface area contributed by atoms with E-state index in [1.54, 1.807) is 24.3 Å². The van der Waals surface area contributed by atoms with Gasteiger partial charge in [0.05, 0.1) is 16.4 Å². The van der Waals surface area contributed by atoms with Crippen LogP contribution in [-0.4, -0.2) is 9.78 Å². The summed E-state index contributed by atoms with van der Waals surface area (Å²) in [5, 5.41) is 3.73. The molecule has 17 heavy (non-hydrogen) atoms. The predicted molar refractivity (Wildman–Crippen MR) is 64.0 cm³/mol. The van der Waals surface area contributed by atoms with Crippen molar-refractivity contribution in [2.75, 3.05) is 0 Å². The zero-order chi connectivity index (χ0) is 12.6. The highest BCUT2D eigenvalue weighted by Crippen LogP contribution is 2.37. The Morgan fingerprint density at radius 3 is 2.29 bits per heavy atom. The fourth-order valence-corrected chi connectivity index (χ4v) is 2.33. The first-order chi connectivity index (χ1) is 7.91. The van der Waals surface area contributed by atoms with Crippen LogP contribution in [0.5, 0.6) is 0 Å². The van der Waals surface area contributed by atoms with Crippen LogP contribution in [0.3, 0.4) is 0 Å². The largest absolute Gasteiger partial charge is 0.434 e. The van der Waals surface area contributed by atoms with Gasteiger partial charge in [0, 0.05) is 4.47 Å². The number of halogens is 5. The maximum absolute atomic E-state index is 12.9. The molecular formula is C10H5Br2F3N2. The molecule has 0 bridgehead atoms. The van der Waals surface area contributed by atoms with E-state index >= 15 is 0 Å². The van der Waals surface area contributed by atoms with E-state index in [1.807, 2.05) is 0 Å². The highest BCUT2D eigenvalue weighted by Gasteiger charge is 2.38. The fraction of sp³-hybridized carbons (Fsp3) is 0.100. The van der Waals surface area contributed by atoms with E-state index in [9.17, 15) is 13.2 Å². The summed E-state index contributed by atoms with van der Waals surface area (Å²) >= 11 is 6.06. The number of alkyl halides is 3. The van der Waals surface area contributed by atoms with Crippen molar-refractivity contribution in [2.24, 2.45) is 0 Å². The number of aromatic nitrogens is 2. The van der Waals surface area contributed by atoms with E-state index in [1.165, 1.54) is 0 Å². The molecule has 0 saturated carbocycles. The average molecular weight is 370 g/mol. The van der Waals surface area contributed by atoms with Crippen molar-refractivity contribution in [2.45, 2.75) is 6.18 Å². The Balaban J connectivity index is 2.66. The van der Waals surface area contributed by atoms with Gasteiger partial charge in [-0.25, -0.2) is 4.68 Å². The molecular weight excluding hydrogens is 365 g/mol. The minimum atomic E-state index is -4.47. The maximum Gasteiger partial charge on any atom is 0.434 e. The molecule has 7 heteroatoms. The zero-order valence-electron chi connectivity index (χ0n) is 8.17. The second kappa shape index (κ2) is 4.45. The van der Waals surface area contributed by atoms with Crippen molar-refractivity contribution < 1.29 is 13.2 Å². The van der Waals surface area contributed by atoms with Crippen LogP contribution in [0.15, 0.2) is 39.4 Å². The molecule has 0 atom stereocenters. The molecule has 0 aliphatic rings. The summed E-state index contributed by atoms with van der Waals surface area (Å²) in [6.07, 6.45) is -3.34. The highest BCUT2D eigenvalue weighted by molar-refractivity contribution is 9.10. The van der Waals surface area contributed by atoms with Crippen LogP contribution in [0.2, 0.25) is 0 Å². The Morgan fingerprint density at radius 1 is 1.06 bits per heavy atom. The van der Waals surface area contributed by atoms with Crippen LogP contribution in [0.4, 0.5) is 13.2 Å². The molecule has 0 N–H and O–H groups in total. The molecule has 1 aromatic carbocycles. The summed E-state index contributed by atoms with van der Waals surface area (Å²) in [5.41, 5.74) is -0.491. The molecule has 0 unspecified atom stereocenters. The molecule has 0 saturated heterocycles. The average Bonchev–Trinajstić information content (AvgIpc) is 2.60. The van der Waals surface area contributed by atoms with Crippen LogP contribution < -0.4 is 0 Å². The van der Waals surface area contributed by atoms with Gasteiger partial charge in [-0.1, -0.05) is 12.1 Å². The number of para-hydroxylation sites is 1. The third kappa shape index (κ3) is 2.40. The van der Waals surface area contributed by atoms with Crippen LogP contribution in [0, 0.1) is 0 Å². The van der Waals surface area contributed by atoms with Crippen molar-refractivity contribution in [1.82, 2.24) is 9.78 Å². The SMILES string of the molecule is FC(F)(F)c1c(Br)cnn1-c1ccccc1Br. The second-order valence-electron chi connectivity index (χ2n) is 3.20. The van der Waals surface area contributed by atoms with Gasteiger partial charge in [-0.15, -0.1) is 0 Å². The van der Waals surface area contributed by atoms with Gasteiger partial charge >= 0.3 is 6.18 Å². The lowest BCUT2D eigenvalue weighted by Gasteiger charge is -2.12. The van der Waals surface area contributed by atoms with E-state index in [0.29, 0.717) is 10.2 Å². The van der Waals surface area contributed by atoms with Gasteiger partial charge in [0.2, 0.25) is 0 Å². The Hall–Kier alpha value is -0.820. The second-order valence-corrected chi connectivity index (χ2v) is 4.91. The van der Waals surface area contributed by atoms with Crippen molar-refractivity contribution in [3.8, 4) is 5.69 Å². The first-order valence-electron chi connectivity index (χ1n) is 4.47. The molecule has 2 aromatic rings. The van der Waals surface area contributed by atoms with Gasteiger partial charge in [-0.05, 0) is 44.0 Å². The predicted octanol–water partition coefficient (Wildman–Crippen LogP) is 4.42. The van der Waals surface area contributed by atoms with Crippen LogP contribution in [0.1, 0.15) is 5.69 Å². The number of hydrogen-bond acceptors (Lipinski definition) is 1. The van der Waals surface area contributed by atoms with E-state index in [0.717, 1.165) is 10.9 Å². The number of hydrogen-bond donors (Lipinski definition) is 0. The van der Waals surface area contributed by atoms with Crippen LogP contribution >= 0.6 is 31.9 Å². The molecule has 1 heterocycles. The van der Waals surface area contributed by atoms with Crippen LogP contribution in [0.25, 0.3) is 5.69 Å². The lowest BCUT2D eigenvalue weighted by Crippen LogP contribution is -2.14. The number of rotatable bonds is 1. The Bertz CT molecular complexity index is 549. The summed E-state index contributed by atoms with van der Waals surface area (Å²) in [4.78, 5) is 0. The molecule has 90 valence electrons. The molecule has 2 nitrogen and oxygen atoms in total. The number of benzene rings is 1. The van der Waals surface area contributed by atoms with Crippen molar-refractivity contribution >= 4 is 31.9 Å². The van der Waals surface area contributed by atoms with Gasteiger partial charge in [0.15, 0.2) is 5.69 Å². The topological polar surface area (TPSA) is 17.8 Å². The quantitative estimate of drug-likeness (QED) is 0.727. The van der Waals surface area contributed by atoms with E-state index in [4.69, 9.17) is 0 Å².